The van der Waals surface area contributed by atoms with Gasteiger partial charge in [-0.05, 0) is 136 Å². The molecule has 0 aliphatic heterocycles. The third kappa shape index (κ3) is 7.11. The average Bonchev–Trinajstić information content (AvgIpc) is 2.87. The van der Waals surface area contributed by atoms with Crippen molar-refractivity contribution in [3.05, 3.63) is 107 Å². The molecule has 10 heteroatoms. The van der Waals surface area contributed by atoms with Crippen molar-refractivity contribution < 1.29 is 25.2 Å². The molecular formula is C28H23Br4NO5. The van der Waals surface area contributed by atoms with Gasteiger partial charge in [-0.3, -0.25) is 4.79 Å². The average molecular weight is 773 g/mol. The fraction of sp³-hybridized carbons (Fsp3) is 0.107. The van der Waals surface area contributed by atoms with Crippen molar-refractivity contribution in [3.63, 3.8) is 0 Å². The van der Waals surface area contributed by atoms with Gasteiger partial charge in [0.25, 0.3) is 5.91 Å². The number of nitrogens with one attached hydrogen (secondary N) is 1. The van der Waals surface area contributed by atoms with E-state index in [4.69, 9.17) is 5.11 Å². The predicted molar refractivity (Wildman–Crippen MR) is 163 cm³/mol. The fourth-order valence-corrected chi connectivity index (χ4v) is 5.80. The van der Waals surface area contributed by atoms with E-state index in [1.54, 1.807) is 24.3 Å². The monoisotopic (exact) mass is 769 g/mol. The van der Waals surface area contributed by atoms with Crippen LogP contribution in [-0.4, -0.2) is 26.3 Å². The van der Waals surface area contributed by atoms with Crippen molar-refractivity contribution in [1.82, 2.24) is 0 Å². The third-order valence-electron chi connectivity index (χ3n) is 5.75. The number of amides is 1. The van der Waals surface area contributed by atoms with E-state index in [0.29, 0.717) is 23.6 Å². The second-order valence-electron chi connectivity index (χ2n) is 8.72. The van der Waals surface area contributed by atoms with E-state index in [9.17, 15) is 20.1 Å². The van der Waals surface area contributed by atoms with Crippen LogP contribution in [0.5, 0.6) is 23.0 Å². The molecule has 0 saturated heterocycles. The second-order valence-corrected chi connectivity index (χ2v) is 12.1. The van der Waals surface area contributed by atoms with Gasteiger partial charge >= 0.3 is 0 Å². The number of carbonyl (C=O) groups is 1. The maximum absolute atomic E-state index is 11.8. The number of aromatic hydroxyl groups is 4. The van der Waals surface area contributed by atoms with Crippen molar-refractivity contribution in [2.45, 2.75) is 19.3 Å². The zero-order valence-corrected chi connectivity index (χ0v) is 26.5. The van der Waals surface area contributed by atoms with E-state index in [-0.39, 0.29) is 34.0 Å². The van der Waals surface area contributed by atoms with Gasteiger partial charge < -0.3 is 25.7 Å². The summed E-state index contributed by atoms with van der Waals surface area (Å²) in [4.78, 5) is 11.8. The highest BCUT2D eigenvalue weighted by atomic mass is 79.9. The largest absolute Gasteiger partial charge is 0.508 e. The van der Waals surface area contributed by atoms with Crippen LogP contribution in [0.15, 0.2) is 90.7 Å². The molecule has 0 bridgehead atoms. The highest BCUT2D eigenvalue weighted by Gasteiger charge is 2.26. The molecule has 0 aliphatic rings. The van der Waals surface area contributed by atoms with Gasteiger partial charge in [0.1, 0.15) is 23.0 Å². The predicted octanol–water partition coefficient (Wildman–Crippen LogP) is 8.82. The molecule has 0 aliphatic carbocycles. The summed E-state index contributed by atoms with van der Waals surface area (Å²) in [5.41, 5.74) is 2.51. The smallest absolute Gasteiger partial charge is 0.259 e. The molecule has 0 saturated carbocycles. The van der Waals surface area contributed by atoms with Crippen molar-refractivity contribution in [2.75, 3.05) is 5.32 Å². The summed E-state index contributed by atoms with van der Waals surface area (Å²) in [5.74, 6) is 0.0355. The Labute approximate surface area is 253 Å². The third-order valence-corrected chi connectivity index (χ3v) is 8.17. The Bertz CT molecular complexity index is 1370. The minimum atomic E-state index is -0.395. The van der Waals surface area contributed by atoms with Gasteiger partial charge in [0, 0.05) is 11.1 Å². The van der Waals surface area contributed by atoms with Crippen LogP contribution in [0, 0.1) is 0 Å². The summed E-state index contributed by atoms with van der Waals surface area (Å²) in [6, 6.07) is 20.0. The topological polar surface area (TPSA) is 110 Å². The number of phenols is 4. The lowest BCUT2D eigenvalue weighted by Crippen LogP contribution is -2.19. The van der Waals surface area contributed by atoms with Gasteiger partial charge in [-0.15, -0.1) is 0 Å². The Hall–Kier alpha value is -2.53. The number of benzene rings is 4. The number of rotatable bonds is 4. The molecule has 0 unspecified atom stereocenters. The number of para-hydroxylation sites is 1. The number of halogens is 4. The SMILES string of the molecule is CC(C)(c1cc(Br)c(O)c(Br)c1)c1cc(Br)c(O)c(Br)c1.O=C(Nc1ccc(O)cc1)c1ccccc1O. The molecule has 5 N–H and O–H groups in total. The van der Waals surface area contributed by atoms with E-state index in [2.05, 4.69) is 82.9 Å². The van der Waals surface area contributed by atoms with Crippen molar-refractivity contribution >= 4 is 75.3 Å². The van der Waals surface area contributed by atoms with Crippen LogP contribution in [-0.2, 0) is 5.41 Å². The van der Waals surface area contributed by atoms with Crippen LogP contribution in [0.3, 0.4) is 0 Å². The normalized spacial score (nSPS) is 10.9. The lowest BCUT2D eigenvalue weighted by Gasteiger charge is -2.27. The first kappa shape index (κ1) is 30.0. The maximum atomic E-state index is 11.8. The second kappa shape index (κ2) is 12.5. The van der Waals surface area contributed by atoms with Crippen LogP contribution < -0.4 is 5.32 Å². The number of anilines is 1. The molecule has 4 rings (SSSR count). The van der Waals surface area contributed by atoms with E-state index in [0.717, 1.165) is 11.1 Å². The molecular weight excluding hydrogens is 750 g/mol. The zero-order chi connectivity index (χ0) is 28.2. The molecule has 0 spiro atoms. The van der Waals surface area contributed by atoms with Crippen LogP contribution in [0.1, 0.15) is 35.3 Å². The summed E-state index contributed by atoms with van der Waals surface area (Å²) >= 11 is 13.5. The van der Waals surface area contributed by atoms with Gasteiger partial charge in [0.15, 0.2) is 0 Å². The number of phenolic OH excluding ortho intramolecular Hbond substituents is 4. The van der Waals surface area contributed by atoms with Crippen molar-refractivity contribution in [1.29, 1.82) is 0 Å². The van der Waals surface area contributed by atoms with Crippen LogP contribution in [0.4, 0.5) is 5.69 Å². The molecule has 0 fully saturated rings. The summed E-state index contributed by atoms with van der Waals surface area (Å²) in [7, 11) is 0. The van der Waals surface area contributed by atoms with Crippen LogP contribution in [0.2, 0.25) is 0 Å². The maximum Gasteiger partial charge on any atom is 0.259 e. The molecule has 4 aromatic rings. The molecule has 1 amide bonds. The summed E-state index contributed by atoms with van der Waals surface area (Å²) < 4.78 is 2.54. The Kier molecular flexibility index (Phi) is 9.91. The minimum absolute atomic E-state index is 0.0659. The Balaban J connectivity index is 0.000000215. The fourth-order valence-electron chi connectivity index (χ4n) is 3.43. The summed E-state index contributed by atoms with van der Waals surface area (Å²) in [6.45, 7) is 4.17. The molecule has 6 nitrogen and oxygen atoms in total. The van der Waals surface area contributed by atoms with Gasteiger partial charge in [-0.25, -0.2) is 0 Å². The lowest BCUT2D eigenvalue weighted by molar-refractivity contribution is 0.102. The van der Waals surface area contributed by atoms with Crippen LogP contribution >= 0.6 is 63.7 Å². The summed E-state index contributed by atoms with van der Waals surface area (Å²) in [5, 5.41) is 40.9. The number of hydrogen-bond acceptors (Lipinski definition) is 5. The zero-order valence-electron chi connectivity index (χ0n) is 20.1. The first-order chi connectivity index (χ1) is 17.8. The van der Waals surface area contributed by atoms with E-state index >= 15 is 0 Å². The molecule has 4 aromatic carbocycles. The van der Waals surface area contributed by atoms with E-state index < -0.39 is 5.91 Å². The van der Waals surface area contributed by atoms with Gasteiger partial charge in [-0.2, -0.15) is 0 Å². The highest BCUT2D eigenvalue weighted by Crippen LogP contribution is 2.43. The van der Waals surface area contributed by atoms with Gasteiger partial charge in [0.05, 0.1) is 23.5 Å². The quantitative estimate of drug-likeness (QED) is 0.133. The Morgan fingerprint density at radius 1 is 0.684 bits per heavy atom. The highest BCUT2D eigenvalue weighted by molar-refractivity contribution is 9.11. The van der Waals surface area contributed by atoms with Crippen LogP contribution in [0.25, 0.3) is 0 Å². The Morgan fingerprint density at radius 2 is 1.11 bits per heavy atom. The van der Waals surface area contributed by atoms with E-state index in [1.165, 1.54) is 24.3 Å². The minimum Gasteiger partial charge on any atom is -0.508 e. The first-order valence-electron chi connectivity index (χ1n) is 11.1. The number of hydrogen-bond donors (Lipinski definition) is 5. The van der Waals surface area contributed by atoms with Crippen molar-refractivity contribution in [3.8, 4) is 23.0 Å². The summed E-state index contributed by atoms with van der Waals surface area (Å²) in [6.07, 6.45) is 0. The standard InChI is InChI=1S/C15H12Br4O2.C13H11NO3/c1-15(2,7-3-9(16)13(20)10(17)4-7)8-5-11(18)14(21)12(19)6-8;15-10-7-5-9(6-8-10)14-13(17)11-3-1-2-4-12(11)16/h3-6,20-21H,1-2H3;1-8,15-16H,(H,14,17). The Morgan fingerprint density at radius 3 is 1.53 bits per heavy atom. The first-order valence-corrected chi connectivity index (χ1v) is 14.2. The molecule has 0 radical (unpaired) electrons. The van der Waals surface area contributed by atoms with Gasteiger partial charge in [-0.1, -0.05) is 26.0 Å². The molecule has 198 valence electrons. The molecule has 38 heavy (non-hydrogen) atoms. The lowest BCUT2D eigenvalue weighted by atomic mass is 9.78. The van der Waals surface area contributed by atoms with E-state index in [1.807, 2.05) is 24.3 Å². The molecule has 0 heterocycles. The molecule has 0 atom stereocenters. The van der Waals surface area contributed by atoms with Gasteiger partial charge in [0.2, 0.25) is 0 Å². The number of carbonyl (C=O) groups excluding carboxylic acids is 1. The van der Waals surface area contributed by atoms with Crippen molar-refractivity contribution in [2.24, 2.45) is 0 Å². The molecule has 0 aromatic heterocycles.